The van der Waals surface area contributed by atoms with Crippen LogP contribution < -0.4 is 42.1 Å². The van der Waals surface area contributed by atoms with E-state index in [2.05, 4.69) is 100.0 Å². The fourth-order valence-corrected chi connectivity index (χ4v) is 13.4. The molecule has 8 aliphatic rings. The number of fused-ring (bicyclic) bond motifs is 2. The molecular weight excluding hydrogens is 1110 g/mol. The van der Waals surface area contributed by atoms with Crippen molar-refractivity contribution in [2.75, 3.05) is 134 Å². The number of carbonyl (C=O) groups is 5. The fraction of sp³-hybridized carbons (Fsp3) is 0.682. The molecule has 1 spiro atoms. The van der Waals surface area contributed by atoms with Gasteiger partial charge in [-0.3, -0.25) is 28.9 Å². The molecule has 11 rings (SSSR count). The van der Waals surface area contributed by atoms with Crippen LogP contribution in [-0.4, -0.2) is 190 Å². The van der Waals surface area contributed by atoms with Crippen LogP contribution in [0.5, 0.6) is 0 Å². The van der Waals surface area contributed by atoms with Crippen molar-refractivity contribution >= 4 is 47.4 Å². The number of piperazine rings is 1. The number of nitrogens with two attached hydrogens (primary N) is 1. The highest BCUT2D eigenvalue weighted by molar-refractivity contribution is 5.87. The number of nitrogens with zero attached hydrogens (tertiary/aromatic N) is 8. The second-order valence-electron chi connectivity index (χ2n) is 26.1. The van der Waals surface area contributed by atoms with Crippen molar-refractivity contribution in [1.82, 2.24) is 50.8 Å². The maximum Gasteiger partial charge on any atom is 0.241 e. The smallest absolute Gasteiger partial charge is 0.241 e. The van der Waals surface area contributed by atoms with E-state index in [1.54, 1.807) is 48.3 Å². The standard InChI is InChI=1S/C39H58F2N10O2.C10H19N3O2.C10H12.C6H12.CH3NO/c1-38(2)6-13-47(14-7-38)20-28-17-32(41)33(18-31(28)40)51-25-37(53)46-39(26-51)8-15-50(16-9-39)35-19-34(44-27-45-35)43-10-4-11-48-21-29-23-49(24-30(29)22-48)12-5-36(52)42-3;1-8(11-2)10(15)12-7-9(14)13-5-3-4-6-13;1-2-6-10-8-4-3-7-9(10)5-1;1-2-4-6-5-3-1;2-1-3/h17-19,27,29-30H,4-16,20-26H2,1-3H3,(H,42,52)(H,46,53)(H,43,44,45);8,11H,3-7H2,1-2H3,(H,12,15);1-2,5-6H,3-4,7-8H2;1-6H2;1H,(H2,2,3). The first-order valence-corrected chi connectivity index (χ1v) is 32.7. The number of amides is 5. The van der Waals surface area contributed by atoms with Crippen LogP contribution in [0, 0.1) is 28.9 Å². The molecule has 0 bridgehead atoms. The van der Waals surface area contributed by atoms with Gasteiger partial charge in [0, 0.05) is 110 Å². The molecular formula is C66H104F2N14O5. The van der Waals surface area contributed by atoms with Crippen molar-refractivity contribution in [2.24, 2.45) is 23.0 Å². The molecule has 3 unspecified atom stereocenters. The van der Waals surface area contributed by atoms with E-state index in [0.29, 0.717) is 62.8 Å². The lowest BCUT2D eigenvalue weighted by Gasteiger charge is -2.48. The van der Waals surface area contributed by atoms with Crippen LogP contribution in [0.1, 0.15) is 140 Å². The van der Waals surface area contributed by atoms with Gasteiger partial charge in [-0.2, -0.15) is 0 Å². The molecule has 5 amide bonds. The first kappa shape index (κ1) is 68.5. The SMILES string of the molecule is C1CCCCC1.CNC(=O)CCN1CC2CN(CCCNc3cc(N4CCC5(CC4)CN(c4cc(F)c(CN6CCC(C)(C)CC6)cc4F)CC(=O)N5)ncn3)CC2C1.CNC(C)C(=O)NCC(=O)N1CCCC1.NC=O.c1ccc2c(c1)CCCC2. The Hall–Kier alpha value is -6.03. The summed E-state index contributed by atoms with van der Waals surface area (Å²) in [6.45, 7) is 19.1. The summed E-state index contributed by atoms with van der Waals surface area (Å²) in [6.07, 6.45) is 23.4. The van der Waals surface area contributed by atoms with Crippen molar-refractivity contribution < 1.29 is 32.8 Å². The van der Waals surface area contributed by atoms with E-state index >= 15 is 8.78 Å². The fourth-order valence-electron chi connectivity index (χ4n) is 13.4. The van der Waals surface area contributed by atoms with Gasteiger partial charge in [-0.15, -0.1) is 0 Å². The van der Waals surface area contributed by atoms with E-state index < -0.39 is 17.2 Å². The Bertz CT molecular complexity index is 2590. The molecule has 21 heteroatoms. The molecule has 19 nitrogen and oxygen atoms in total. The third-order valence-corrected chi connectivity index (χ3v) is 19.0. The van der Waals surface area contributed by atoms with Crippen molar-refractivity contribution in [3.05, 3.63) is 77.1 Å². The first-order chi connectivity index (χ1) is 42.0. The summed E-state index contributed by atoms with van der Waals surface area (Å²) in [6, 6.07) is 13.2. The Kier molecular flexibility index (Phi) is 27.3. The van der Waals surface area contributed by atoms with E-state index in [1.165, 1.54) is 76.3 Å². The Balaban J connectivity index is 0.000000254. The van der Waals surface area contributed by atoms with Gasteiger partial charge in [0.25, 0.3) is 0 Å². The summed E-state index contributed by atoms with van der Waals surface area (Å²) in [5.41, 5.74) is 7.61. The van der Waals surface area contributed by atoms with E-state index in [9.17, 15) is 19.2 Å². The monoisotopic (exact) mass is 1210 g/mol. The predicted octanol–water partition coefficient (Wildman–Crippen LogP) is 6.49. The second kappa shape index (κ2) is 34.7. The molecule has 3 aromatic rings. The largest absolute Gasteiger partial charge is 0.372 e. The van der Waals surface area contributed by atoms with Gasteiger partial charge in [0.15, 0.2) is 0 Å². The lowest BCUT2D eigenvalue weighted by atomic mass is 9.82. The molecule has 1 aromatic heterocycles. The number of nitrogens with one attached hydrogen (secondary N) is 5. The number of carbonyl (C=O) groups excluding carboxylic acids is 5. The maximum atomic E-state index is 15.6. The van der Waals surface area contributed by atoms with Gasteiger partial charge in [-0.05, 0) is 139 Å². The highest BCUT2D eigenvalue weighted by Crippen LogP contribution is 2.35. The molecule has 7 N–H and O–H groups in total. The molecule has 7 fully saturated rings. The lowest BCUT2D eigenvalue weighted by Crippen LogP contribution is -2.66. The number of likely N-dealkylation sites (tertiary alicyclic amines) is 4. The van der Waals surface area contributed by atoms with Gasteiger partial charge in [0.1, 0.15) is 29.6 Å². The minimum Gasteiger partial charge on any atom is -0.372 e. The summed E-state index contributed by atoms with van der Waals surface area (Å²) in [7, 11) is 3.41. The molecule has 7 heterocycles. The molecule has 482 valence electrons. The molecule has 1 saturated carbocycles. The topological polar surface area (TPSA) is 217 Å². The number of halogens is 2. The maximum absolute atomic E-state index is 15.6. The van der Waals surface area contributed by atoms with Crippen molar-refractivity contribution in [3.63, 3.8) is 0 Å². The van der Waals surface area contributed by atoms with Crippen molar-refractivity contribution in [1.29, 1.82) is 0 Å². The lowest BCUT2D eigenvalue weighted by molar-refractivity contribution is -0.132. The van der Waals surface area contributed by atoms with Gasteiger partial charge in [0.05, 0.1) is 30.4 Å². The summed E-state index contributed by atoms with van der Waals surface area (Å²) in [5.74, 6) is 1.95. The molecule has 6 saturated heterocycles. The van der Waals surface area contributed by atoms with Crippen LogP contribution in [0.15, 0.2) is 48.8 Å². The number of anilines is 3. The Morgan fingerprint density at radius 3 is 1.94 bits per heavy atom. The second-order valence-corrected chi connectivity index (χ2v) is 26.1. The zero-order chi connectivity index (χ0) is 62.2. The number of aryl methyl sites for hydroxylation is 2. The minimum atomic E-state index is -0.528. The van der Waals surface area contributed by atoms with Gasteiger partial charge < -0.3 is 56.8 Å². The summed E-state index contributed by atoms with van der Waals surface area (Å²) < 4.78 is 31.0. The average Bonchev–Trinajstić information content (AvgIpc) is 3.90. The third-order valence-electron chi connectivity index (χ3n) is 19.0. The van der Waals surface area contributed by atoms with E-state index in [1.807, 2.05) is 6.07 Å². The summed E-state index contributed by atoms with van der Waals surface area (Å²) in [5, 5.41) is 14.8. The van der Waals surface area contributed by atoms with Crippen LogP contribution in [-0.2, 0) is 43.4 Å². The molecule has 0 radical (unpaired) electrons. The number of hydrogen-bond donors (Lipinski definition) is 6. The van der Waals surface area contributed by atoms with Gasteiger partial charge in [-0.1, -0.05) is 76.6 Å². The first-order valence-electron chi connectivity index (χ1n) is 32.7. The number of piperidine rings is 2. The zero-order valence-corrected chi connectivity index (χ0v) is 53.1. The highest BCUT2D eigenvalue weighted by Gasteiger charge is 2.43. The minimum absolute atomic E-state index is 0.00123. The van der Waals surface area contributed by atoms with Crippen LogP contribution in [0.2, 0.25) is 0 Å². The number of likely N-dealkylation sites (N-methyl/N-ethyl adjacent to an activating group) is 1. The molecule has 6 aliphatic heterocycles. The third kappa shape index (κ3) is 21.6. The van der Waals surface area contributed by atoms with E-state index in [0.717, 1.165) is 116 Å². The summed E-state index contributed by atoms with van der Waals surface area (Å²) >= 11 is 0. The number of rotatable bonds is 16. The van der Waals surface area contributed by atoms with Gasteiger partial charge in [-0.25, -0.2) is 18.7 Å². The number of aromatic nitrogens is 2. The Morgan fingerprint density at radius 2 is 1.36 bits per heavy atom. The van der Waals surface area contributed by atoms with Gasteiger partial charge in [0.2, 0.25) is 30.0 Å². The number of hydrogen-bond acceptors (Lipinski definition) is 14. The van der Waals surface area contributed by atoms with Crippen LogP contribution in [0.4, 0.5) is 26.1 Å². The number of primary amides is 1. The Morgan fingerprint density at radius 1 is 0.759 bits per heavy atom. The van der Waals surface area contributed by atoms with Crippen molar-refractivity contribution in [2.45, 2.75) is 154 Å². The highest BCUT2D eigenvalue weighted by atomic mass is 19.1. The van der Waals surface area contributed by atoms with E-state index in [-0.39, 0.29) is 60.3 Å². The molecule has 87 heavy (non-hydrogen) atoms. The molecule has 2 aromatic carbocycles. The van der Waals surface area contributed by atoms with Crippen LogP contribution in [0.3, 0.4) is 0 Å². The van der Waals surface area contributed by atoms with Crippen molar-refractivity contribution in [3.8, 4) is 0 Å². The quantitative estimate of drug-likeness (QED) is 0.0668. The van der Waals surface area contributed by atoms with Gasteiger partial charge >= 0.3 is 0 Å². The molecule has 2 aliphatic carbocycles. The predicted molar refractivity (Wildman–Crippen MR) is 341 cm³/mol. The number of benzene rings is 2. The van der Waals surface area contributed by atoms with Crippen LogP contribution in [0.25, 0.3) is 0 Å². The van der Waals surface area contributed by atoms with Crippen LogP contribution >= 0.6 is 0 Å². The summed E-state index contributed by atoms with van der Waals surface area (Å²) in [4.78, 5) is 78.0. The molecule has 3 atom stereocenters. The zero-order valence-electron chi connectivity index (χ0n) is 53.1. The average molecular weight is 1210 g/mol. The normalized spacial score (nSPS) is 21.8. The Labute approximate surface area is 517 Å². The van der Waals surface area contributed by atoms with E-state index in [4.69, 9.17) is 4.79 Å².